The molecule has 2 heterocycles. The van der Waals surface area contributed by atoms with Crippen LogP contribution in [-0.2, 0) is 22.3 Å². The van der Waals surface area contributed by atoms with Crippen LogP contribution >= 0.6 is 11.6 Å². The Bertz CT molecular complexity index is 1000. The monoisotopic (exact) mass is 431 g/mol. The van der Waals surface area contributed by atoms with Gasteiger partial charge in [0.05, 0.1) is 19.4 Å². The zero-order valence-corrected chi connectivity index (χ0v) is 16.1. The smallest absolute Gasteiger partial charge is 0.332 e. The van der Waals surface area contributed by atoms with Crippen LogP contribution in [0.25, 0.3) is 0 Å². The zero-order valence-electron chi connectivity index (χ0n) is 17.3. The first-order valence-electron chi connectivity index (χ1n) is 10.2. The van der Waals surface area contributed by atoms with Gasteiger partial charge in [-0.1, -0.05) is 11.6 Å². The molecule has 29 heavy (non-hydrogen) atoms. The van der Waals surface area contributed by atoms with Crippen molar-refractivity contribution < 1.29 is 30.3 Å². The minimum Gasteiger partial charge on any atom is -0.332 e. The molecule has 4 amide bonds. The van der Waals surface area contributed by atoms with Gasteiger partial charge in [-0.2, -0.15) is 13.2 Å². The summed E-state index contributed by atoms with van der Waals surface area (Å²) in [6.07, 6.45) is -3.58. The topological polar surface area (TPSA) is 78.5 Å². The molecular weight excluding hydrogens is 411 g/mol. The molecule has 2 fully saturated rings. The third-order valence-electron chi connectivity index (χ3n) is 5.77. The predicted octanol–water partition coefficient (Wildman–Crippen LogP) is 3.53. The second-order valence-corrected chi connectivity index (χ2v) is 8.03. The molecule has 0 spiro atoms. The number of nitrogens with zero attached hydrogens (tertiary/aromatic N) is 1. The van der Waals surface area contributed by atoms with E-state index in [9.17, 15) is 27.6 Å². The van der Waals surface area contributed by atoms with Gasteiger partial charge in [-0.05, 0) is 55.4 Å². The van der Waals surface area contributed by atoms with Crippen LogP contribution < -0.4 is 10.6 Å². The summed E-state index contributed by atoms with van der Waals surface area (Å²) in [6, 6.07) is 0.0829. The summed E-state index contributed by atoms with van der Waals surface area (Å²) in [5.41, 5.74) is -2.39. The fraction of sp³-hybridized carbons (Fsp3) is 0.526. The SMILES string of the molecule is [2H]C1([2H])c2cc(Cl)c(C(F)(F)F)cc2[C@@H](C)N1C(=O)CC[C@@]1(C2CC2)NC(=O)NC1=O. The molecule has 2 atom stereocenters. The summed E-state index contributed by atoms with van der Waals surface area (Å²) in [6.45, 7) is -0.941. The number of carbonyl (C=O) groups is 3. The number of hydrogen-bond donors (Lipinski definition) is 2. The minimum absolute atomic E-state index is 0.0268. The first-order chi connectivity index (χ1) is 14.3. The lowest BCUT2D eigenvalue weighted by Gasteiger charge is -2.28. The predicted molar refractivity (Wildman–Crippen MR) is 96.8 cm³/mol. The molecule has 10 heteroatoms. The molecule has 2 N–H and O–H groups in total. The van der Waals surface area contributed by atoms with Gasteiger partial charge in [0.25, 0.3) is 5.91 Å². The molecule has 0 radical (unpaired) electrons. The summed E-state index contributed by atoms with van der Waals surface area (Å²) in [7, 11) is 0. The van der Waals surface area contributed by atoms with E-state index in [0.717, 1.165) is 17.0 Å². The maximum absolute atomic E-state index is 13.2. The number of imide groups is 1. The Hall–Kier alpha value is -2.29. The number of benzene rings is 1. The molecule has 156 valence electrons. The normalized spacial score (nSPS) is 29.1. The molecule has 0 unspecified atom stereocenters. The van der Waals surface area contributed by atoms with Crippen molar-refractivity contribution in [3.8, 4) is 0 Å². The fourth-order valence-electron chi connectivity index (χ4n) is 4.07. The van der Waals surface area contributed by atoms with E-state index < -0.39 is 52.7 Å². The maximum Gasteiger partial charge on any atom is 0.417 e. The number of amides is 4. The lowest BCUT2D eigenvalue weighted by Crippen LogP contribution is -2.49. The Kier molecular flexibility index (Phi) is 4.01. The second-order valence-electron chi connectivity index (χ2n) is 7.62. The quantitative estimate of drug-likeness (QED) is 0.716. The average Bonchev–Trinajstić information content (AvgIpc) is 3.41. The van der Waals surface area contributed by atoms with Crippen LogP contribution in [0.5, 0.6) is 0 Å². The van der Waals surface area contributed by atoms with Crippen molar-refractivity contribution in [2.75, 3.05) is 0 Å². The van der Waals surface area contributed by atoms with Crippen LogP contribution in [-0.4, -0.2) is 28.3 Å². The standard InChI is InChI=1S/C19H19ClF3N3O3/c1-9-12-7-13(19(21,22)23)14(20)6-10(12)8-26(9)15(27)4-5-18(11-2-3-11)16(28)24-17(29)25-18/h6-7,9,11H,2-5,8H2,1H3,(H2,24,25,28,29)/t9-,18+/m1/s1/i8D2. The van der Waals surface area contributed by atoms with Crippen molar-refractivity contribution >= 4 is 29.4 Å². The molecule has 6 nitrogen and oxygen atoms in total. The van der Waals surface area contributed by atoms with Crippen LogP contribution in [0.15, 0.2) is 12.1 Å². The van der Waals surface area contributed by atoms with E-state index in [0.29, 0.717) is 12.8 Å². The lowest BCUT2D eigenvalue weighted by atomic mass is 9.87. The highest BCUT2D eigenvalue weighted by molar-refractivity contribution is 6.31. The first kappa shape index (κ1) is 17.6. The largest absolute Gasteiger partial charge is 0.417 e. The number of halogens is 4. The van der Waals surface area contributed by atoms with Gasteiger partial charge >= 0.3 is 12.2 Å². The molecule has 1 aliphatic carbocycles. The van der Waals surface area contributed by atoms with Gasteiger partial charge in [-0.25, -0.2) is 4.79 Å². The molecule has 2 aliphatic heterocycles. The highest BCUT2D eigenvalue weighted by Gasteiger charge is 2.55. The average molecular weight is 432 g/mol. The van der Waals surface area contributed by atoms with Crippen molar-refractivity contribution in [2.45, 2.75) is 56.9 Å². The van der Waals surface area contributed by atoms with E-state index in [2.05, 4.69) is 10.6 Å². The van der Waals surface area contributed by atoms with Crippen LogP contribution in [0.3, 0.4) is 0 Å². The van der Waals surface area contributed by atoms with E-state index in [4.69, 9.17) is 14.3 Å². The zero-order chi connectivity index (χ0) is 22.9. The number of urea groups is 1. The Morgan fingerprint density at radius 1 is 1.38 bits per heavy atom. The number of fused-ring (bicyclic) bond motifs is 1. The molecule has 3 aliphatic rings. The van der Waals surface area contributed by atoms with Gasteiger partial charge in [0.15, 0.2) is 0 Å². The van der Waals surface area contributed by atoms with Crippen LogP contribution in [0, 0.1) is 5.92 Å². The van der Waals surface area contributed by atoms with Gasteiger partial charge in [-0.3, -0.25) is 14.9 Å². The fourth-order valence-corrected chi connectivity index (χ4v) is 4.34. The molecule has 1 saturated carbocycles. The summed E-state index contributed by atoms with van der Waals surface area (Å²) < 4.78 is 56.5. The molecule has 1 saturated heterocycles. The number of hydrogen-bond acceptors (Lipinski definition) is 3. The van der Waals surface area contributed by atoms with E-state index in [1.54, 1.807) is 0 Å². The van der Waals surface area contributed by atoms with Crippen LogP contribution in [0.4, 0.5) is 18.0 Å². The molecule has 1 aromatic rings. The van der Waals surface area contributed by atoms with Gasteiger partial charge in [0.2, 0.25) is 5.91 Å². The third kappa shape index (κ3) is 3.35. The van der Waals surface area contributed by atoms with Crippen LogP contribution in [0.1, 0.15) is 58.1 Å². The molecular formula is C19H19ClF3N3O3. The highest BCUT2D eigenvalue weighted by Crippen LogP contribution is 2.45. The Balaban J connectivity index is 1.60. The number of alkyl halides is 3. The third-order valence-corrected chi connectivity index (χ3v) is 6.08. The number of nitrogens with one attached hydrogen (secondary N) is 2. The van der Waals surface area contributed by atoms with E-state index in [1.807, 2.05) is 0 Å². The lowest BCUT2D eigenvalue weighted by molar-refractivity contribution is -0.137. The van der Waals surface area contributed by atoms with Crippen molar-refractivity contribution in [3.63, 3.8) is 0 Å². The summed E-state index contributed by atoms with van der Waals surface area (Å²) in [4.78, 5) is 37.9. The molecule has 0 aromatic heterocycles. The van der Waals surface area contributed by atoms with Crippen molar-refractivity contribution in [2.24, 2.45) is 5.92 Å². The molecule has 4 rings (SSSR count). The van der Waals surface area contributed by atoms with Gasteiger partial charge in [0, 0.05) is 12.9 Å². The van der Waals surface area contributed by atoms with Gasteiger partial charge in [-0.15, -0.1) is 0 Å². The Morgan fingerprint density at radius 2 is 2.07 bits per heavy atom. The van der Waals surface area contributed by atoms with E-state index in [-0.39, 0.29) is 29.9 Å². The van der Waals surface area contributed by atoms with Gasteiger partial charge in [0.1, 0.15) is 5.54 Å². The van der Waals surface area contributed by atoms with E-state index >= 15 is 0 Å². The highest BCUT2D eigenvalue weighted by atomic mass is 35.5. The van der Waals surface area contributed by atoms with Crippen molar-refractivity contribution in [3.05, 3.63) is 33.8 Å². The van der Waals surface area contributed by atoms with Crippen molar-refractivity contribution in [1.29, 1.82) is 0 Å². The first-order valence-corrected chi connectivity index (χ1v) is 9.53. The Morgan fingerprint density at radius 3 is 2.62 bits per heavy atom. The minimum atomic E-state index is -4.72. The molecule has 1 aromatic carbocycles. The number of rotatable bonds is 4. The molecule has 0 bridgehead atoms. The maximum atomic E-state index is 13.2. The van der Waals surface area contributed by atoms with Crippen LogP contribution in [0.2, 0.25) is 5.02 Å². The Labute approximate surface area is 172 Å². The number of carbonyl (C=O) groups excluding carboxylic acids is 3. The van der Waals surface area contributed by atoms with E-state index in [1.165, 1.54) is 6.92 Å². The summed E-state index contributed by atoms with van der Waals surface area (Å²) in [5.74, 6) is -1.30. The van der Waals surface area contributed by atoms with Crippen molar-refractivity contribution in [1.82, 2.24) is 15.5 Å². The summed E-state index contributed by atoms with van der Waals surface area (Å²) in [5, 5.41) is 4.13. The second kappa shape index (κ2) is 6.62. The van der Waals surface area contributed by atoms with Gasteiger partial charge < -0.3 is 10.2 Å². The summed E-state index contributed by atoms with van der Waals surface area (Å²) >= 11 is 5.76.